The maximum atomic E-state index is 13.6. The van der Waals surface area contributed by atoms with E-state index < -0.39 is 23.9 Å². The number of alkyl halides is 4. The fourth-order valence-corrected chi connectivity index (χ4v) is 2.77. The Labute approximate surface area is 131 Å². The van der Waals surface area contributed by atoms with Gasteiger partial charge in [0.1, 0.15) is 17.6 Å². The lowest BCUT2D eigenvalue weighted by Gasteiger charge is -2.35. The van der Waals surface area contributed by atoms with E-state index in [0.29, 0.717) is 6.20 Å². The Morgan fingerprint density at radius 3 is 2.61 bits per heavy atom. The number of halogens is 4. The van der Waals surface area contributed by atoms with Crippen molar-refractivity contribution >= 4 is 11.8 Å². The van der Waals surface area contributed by atoms with E-state index in [-0.39, 0.29) is 42.4 Å². The van der Waals surface area contributed by atoms with Crippen LogP contribution in [0.25, 0.3) is 0 Å². The second kappa shape index (κ2) is 6.33. The summed E-state index contributed by atoms with van der Waals surface area (Å²) >= 11 is 0. The number of pyridine rings is 1. The summed E-state index contributed by atoms with van der Waals surface area (Å²) in [5.41, 5.74) is -1.42. The SMILES string of the molecule is COC(=O)c1c(N2CCC(F)[C@H](C)C2)ncc(C(F)(F)F)c1C. The fraction of sp³-hybridized carbons (Fsp3) is 0.600. The van der Waals surface area contributed by atoms with Crippen LogP contribution in [0.5, 0.6) is 0 Å². The van der Waals surface area contributed by atoms with Gasteiger partial charge >= 0.3 is 12.1 Å². The average molecular weight is 334 g/mol. The zero-order valence-corrected chi connectivity index (χ0v) is 13.1. The molecule has 4 nitrogen and oxygen atoms in total. The second-order valence-corrected chi connectivity index (χ2v) is 5.71. The summed E-state index contributed by atoms with van der Waals surface area (Å²) in [7, 11) is 1.10. The van der Waals surface area contributed by atoms with Gasteiger partial charge in [-0.05, 0) is 18.9 Å². The van der Waals surface area contributed by atoms with Crippen molar-refractivity contribution in [1.29, 1.82) is 0 Å². The van der Waals surface area contributed by atoms with Gasteiger partial charge in [-0.15, -0.1) is 0 Å². The topological polar surface area (TPSA) is 42.4 Å². The molecule has 2 rings (SSSR count). The van der Waals surface area contributed by atoms with E-state index in [1.54, 1.807) is 11.8 Å². The van der Waals surface area contributed by atoms with Crippen molar-refractivity contribution < 1.29 is 27.1 Å². The van der Waals surface area contributed by atoms with Gasteiger partial charge < -0.3 is 9.64 Å². The number of hydrogen-bond donors (Lipinski definition) is 0. The number of rotatable bonds is 2. The van der Waals surface area contributed by atoms with Crippen molar-refractivity contribution in [3.8, 4) is 0 Å². The monoisotopic (exact) mass is 334 g/mol. The van der Waals surface area contributed by atoms with Crippen molar-refractivity contribution in [3.05, 3.63) is 22.9 Å². The minimum atomic E-state index is -4.61. The average Bonchev–Trinajstić information content (AvgIpc) is 2.47. The summed E-state index contributed by atoms with van der Waals surface area (Å²) in [5, 5.41) is 0. The number of anilines is 1. The normalized spacial score (nSPS) is 22.1. The van der Waals surface area contributed by atoms with Crippen molar-refractivity contribution in [2.24, 2.45) is 5.92 Å². The molecule has 1 aromatic heterocycles. The summed E-state index contributed by atoms with van der Waals surface area (Å²) in [5.74, 6) is -1.06. The quantitative estimate of drug-likeness (QED) is 0.614. The molecule has 23 heavy (non-hydrogen) atoms. The van der Waals surface area contributed by atoms with E-state index in [1.165, 1.54) is 6.92 Å². The van der Waals surface area contributed by atoms with Crippen molar-refractivity contribution in [2.45, 2.75) is 32.6 Å². The van der Waals surface area contributed by atoms with Crippen LogP contribution in [0, 0.1) is 12.8 Å². The van der Waals surface area contributed by atoms with Gasteiger partial charge in [-0.3, -0.25) is 0 Å². The third kappa shape index (κ3) is 3.40. The van der Waals surface area contributed by atoms with E-state index in [4.69, 9.17) is 0 Å². The molecule has 0 bridgehead atoms. The van der Waals surface area contributed by atoms with Crippen LogP contribution in [0.1, 0.15) is 34.8 Å². The van der Waals surface area contributed by atoms with Gasteiger partial charge in [0.2, 0.25) is 0 Å². The fourth-order valence-electron chi connectivity index (χ4n) is 2.77. The lowest BCUT2D eigenvalue weighted by Crippen LogP contribution is -2.41. The highest BCUT2D eigenvalue weighted by molar-refractivity contribution is 5.96. The zero-order chi connectivity index (χ0) is 17.4. The molecule has 0 N–H and O–H groups in total. The van der Waals surface area contributed by atoms with Gasteiger partial charge in [0.25, 0.3) is 0 Å². The molecule has 2 heterocycles. The number of carbonyl (C=O) groups is 1. The third-order valence-corrected chi connectivity index (χ3v) is 4.11. The van der Waals surface area contributed by atoms with Gasteiger partial charge in [-0.2, -0.15) is 13.2 Å². The Morgan fingerprint density at radius 2 is 2.09 bits per heavy atom. The number of piperidine rings is 1. The zero-order valence-electron chi connectivity index (χ0n) is 13.1. The van der Waals surface area contributed by atoms with E-state index in [0.717, 1.165) is 7.11 Å². The minimum Gasteiger partial charge on any atom is -0.465 e. The highest BCUT2D eigenvalue weighted by atomic mass is 19.4. The number of aromatic nitrogens is 1. The molecule has 8 heteroatoms. The summed E-state index contributed by atoms with van der Waals surface area (Å²) in [6.07, 6.45) is -4.63. The number of carbonyl (C=O) groups excluding carboxylic acids is 1. The first kappa shape index (κ1) is 17.5. The Morgan fingerprint density at radius 1 is 1.43 bits per heavy atom. The van der Waals surface area contributed by atoms with Crippen LogP contribution in [-0.4, -0.2) is 37.3 Å². The Balaban J connectivity index is 2.52. The van der Waals surface area contributed by atoms with Crippen LogP contribution in [0.2, 0.25) is 0 Å². The smallest absolute Gasteiger partial charge is 0.418 e. The van der Waals surface area contributed by atoms with E-state index in [2.05, 4.69) is 9.72 Å². The molecule has 1 aliphatic heterocycles. The van der Waals surface area contributed by atoms with Crippen LogP contribution in [-0.2, 0) is 10.9 Å². The molecular weight excluding hydrogens is 316 g/mol. The van der Waals surface area contributed by atoms with Crippen LogP contribution in [0.4, 0.5) is 23.4 Å². The minimum absolute atomic E-state index is 0.112. The number of esters is 1. The van der Waals surface area contributed by atoms with E-state index in [9.17, 15) is 22.4 Å². The summed E-state index contributed by atoms with van der Waals surface area (Å²) in [4.78, 5) is 17.5. The van der Waals surface area contributed by atoms with Gasteiger partial charge in [0.05, 0.1) is 12.7 Å². The molecule has 128 valence electrons. The van der Waals surface area contributed by atoms with Gasteiger partial charge in [-0.25, -0.2) is 14.2 Å². The molecule has 0 aliphatic carbocycles. The molecule has 0 aromatic carbocycles. The maximum Gasteiger partial charge on any atom is 0.418 e. The molecule has 0 amide bonds. The third-order valence-electron chi connectivity index (χ3n) is 4.11. The molecule has 0 saturated carbocycles. The van der Waals surface area contributed by atoms with Crippen LogP contribution in [0.3, 0.4) is 0 Å². The standard InChI is InChI=1S/C15H18F4N2O2/c1-8-7-21(5-4-11(8)16)13-12(14(22)23-3)9(2)10(6-20-13)15(17,18)19/h6,8,11H,4-5,7H2,1-3H3/t8-,11?/m1/s1. The predicted octanol–water partition coefficient (Wildman–Crippen LogP) is 3.38. The molecule has 1 unspecified atom stereocenters. The lowest BCUT2D eigenvalue weighted by molar-refractivity contribution is -0.138. The first-order valence-electron chi connectivity index (χ1n) is 7.21. The van der Waals surface area contributed by atoms with E-state index in [1.807, 2.05) is 0 Å². The van der Waals surface area contributed by atoms with Crippen LogP contribution in [0.15, 0.2) is 6.20 Å². The number of ether oxygens (including phenoxy) is 1. The molecule has 0 radical (unpaired) electrons. The maximum absolute atomic E-state index is 13.6. The summed E-state index contributed by atoms with van der Waals surface area (Å²) in [6, 6.07) is 0. The van der Waals surface area contributed by atoms with Gasteiger partial charge in [0, 0.05) is 25.2 Å². The molecular formula is C15H18F4N2O2. The highest BCUT2D eigenvalue weighted by Gasteiger charge is 2.37. The van der Waals surface area contributed by atoms with E-state index >= 15 is 0 Å². The molecule has 0 spiro atoms. The lowest BCUT2D eigenvalue weighted by atomic mass is 9.96. The van der Waals surface area contributed by atoms with Crippen LogP contribution < -0.4 is 4.90 Å². The highest BCUT2D eigenvalue weighted by Crippen LogP contribution is 2.36. The van der Waals surface area contributed by atoms with Crippen molar-refractivity contribution in [1.82, 2.24) is 4.98 Å². The van der Waals surface area contributed by atoms with Crippen LogP contribution >= 0.6 is 0 Å². The first-order valence-corrected chi connectivity index (χ1v) is 7.21. The number of nitrogens with zero attached hydrogens (tertiary/aromatic N) is 2. The Kier molecular flexibility index (Phi) is 4.81. The first-order chi connectivity index (χ1) is 10.7. The molecule has 1 aliphatic rings. The summed E-state index contributed by atoms with van der Waals surface area (Å²) in [6.45, 7) is 3.49. The predicted molar refractivity (Wildman–Crippen MR) is 76.2 cm³/mol. The Hall–Kier alpha value is -1.86. The molecule has 1 fully saturated rings. The second-order valence-electron chi connectivity index (χ2n) is 5.71. The molecule has 1 aromatic rings. The summed E-state index contributed by atoms with van der Waals surface area (Å²) < 4.78 is 57.3. The number of methoxy groups -OCH3 is 1. The molecule has 2 atom stereocenters. The van der Waals surface area contributed by atoms with Crippen molar-refractivity contribution in [2.75, 3.05) is 25.1 Å². The largest absolute Gasteiger partial charge is 0.465 e. The van der Waals surface area contributed by atoms with Crippen molar-refractivity contribution in [3.63, 3.8) is 0 Å². The number of hydrogen-bond acceptors (Lipinski definition) is 4. The van der Waals surface area contributed by atoms with Gasteiger partial charge in [0.15, 0.2) is 0 Å². The van der Waals surface area contributed by atoms with Gasteiger partial charge in [-0.1, -0.05) is 6.92 Å². The molecule has 1 saturated heterocycles. The Bertz CT molecular complexity index is 604.